The van der Waals surface area contributed by atoms with Crippen molar-refractivity contribution in [2.45, 2.75) is 6.42 Å². The molecule has 0 radical (unpaired) electrons. The molecule has 2 aromatic carbocycles. The van der Waals surface area contributed by atoms with Crippen molar-refractivity contribution >= 4 is 22.5 Å². The highest BCUT2D eigenvalue weighted by Crippen LogP contribution is 2.20. The van der Waals surface area contributed by atoms with Crippen molar-refractivity contribution in [3.63, 3.8) is 0 Å². The summed E-state index contributed by atoms with van der Waals surface area (Å²) in [5, 5.41) is 1.11. The molecule has 100 valence electrons. The number of nitrogens with zero attached hydrogens (tertiary/aromatic N) is 1. The molecule has 0 saturated carbocycles. The predicted molar refractivity (Wildman–Crippen MR) is 81.9 cm³/mol. The molecular formula is C17H16N2O. The normalized spacial score (nSPS) is 10.7. The summed E-state index contributed by atoms with van der Waals surface area (Å²) in [6.07, 6.45) is 2.32. The van der Waals surface area contributed by atoms with Crippen LogP contribution in [-0.2, 0) is 11.2 Å². The van der Waals surface area contributed by atoms with E-state index in [1.807, 2.05) is 67.8 Å². The van der Waals surface area contributed by atoms with Crippen molar-refractivity contribution < 1.29 is 4.79 Å². The van der Waals surface area contributed by atoms with E-state index in [9.17, 15) is 4.79 Å². The zero-order chi connectivity index (χ0) is 13.9. The minimum atomic E-state index is 0.0842. The quantitative estimate of drug-likeness (QED) is 0.773. The molecule has 1 N–H and O–H groups in total. The number of rotatable bonds is 3. The van der Waals surface area contributed by atoms with Gasteiger partial charge in [-0.2, -0.15) is 0 Å². The van der Waals surface area contributed by atoms with Gasteiger partial charge in [-0.1, -0.05) is 36.4 Å². The van der Waals surface area contributed by atoms with Crippen LogP contribution in [-0.4, -0.2) is 17.9 Å². The fourth-order valence-corrected chi connectivity index (χ4v) is 2.35. The number of fused-ring (bicyclic) bond motifs is 1. The van der Waals surface area contributed by atoms with Crippen molar-refractivity contribution in [1.29, 1.82) is 0 Å². The lowest BCUT2D eigenvalue weighted by molar-refractivity contribution is -0.117. The van der Waals surface area contributed by atoms with E-state index in [4.69, 9.17) is 0 Å². The number of carbonyl (C=O) groups excluding carboxylic acids is 1. The second-order valence-electron chi connectivity index (χ2n) is 4.82. The molecule has 0 spiro atoms. The molecule has 0 aliphatic rings. The average Bonchev–Trinajstić information content (AvgIpc) is 2.91. The maximum absolute atomic E-state index is 12.4. The number of aromatic amines is 1. The smallest absolute Gasteiger partial charge is 0.231 e. The summed E-state index contributed by atoms with van der Waals surface area (Å²) in [4.78, 5) is 17.3. The lowest BCUT2D eigenvalue weighted by atomic mass is 10.1. The zero-order valence-corrected chi connectivity index (χ0v) is 11.3. The van der Waals surface area contributed by atoms with E-state index in [-0.39, 0.29) is 5.91 Å². The van der Waals surface area contributed by atoms with E-state index in [0.29, 0.717) is 6.42 Å². The molecule has 0 atom stereocenters. The monoisotopic (exact) mass is 264 g/mol. The Balaban J connectivity index is 1.82. The van der Waals surface area contributed by atoms with Crippen LogP contribution in [0.15, 0.2) is 60.8 Å². The highest BCUT2D eigenvalue weighted by molar-refractivity contribution is 5.97. The van der Waals surface area contributed by atoms with Gasteiger partial charge in [0.2, 0.25) is 5.91 Å². The van der Waals surface area contributed by atoms with Crippen molar-refractivity contribution in [1.82, 2.24) is 4.98 Å². The van der Waals surface area contributed by atoms with Crippen LogP contribution in [0.5, 0.6) is 0 Å². The van der Waals surface area contributed by atoms with E-state index in [2.05, 4.69) is 4.98 Å². The Morgan fingerprint density at radius 1 is 1.05 bits per heavy atom. The van der Waals surface area contributed by atoms with Gasteiger partial charge in [-0.15, -0.1) is 0 Å². The summed E-state index contributed by atoms with van der Waals surface area (Å²) in [5.41, 5.74) is 3.02. The number of H-pyrrole nitrogens is 1. The Morgan fingerprint density at radius 2 is 1.75 bits per heavy atom. The van der Waals surface area contributed by atoms with Gasteiger partial charge in [0.25, 0.3) is 0 Å². The van der Waals surface area contributed by atoms with Gasteiger partial charge < -0.3 is 9.88 Å². The van der Waals surface area contributed by atoms with Crippen LogP contribution in [0, 0.1) is 0 Å². The molecule has 0 unspecified atom stereocenters. The zero-order valence-electron chi connectivity index (χ0n) is 11.3. The molecule has 3 rings (SSSR count). The van der Waals surface area contributed by atoms with Gasteiger partial charge in [0.05, 0.1) is 6.42 Å². The number of para-hydroxylation sites is 2. The molecular weight excluding hydrogens is 248 g/mol. The van der Waals surface area contributed by atoms with Crippen LogP contribution < -0.4 is 4.90 Å². The van der Waals surface area contributed by atoms with Gasteiger partial charge in [0.15, 0.2) is 0 Å². The molecule has 3 nitrogen and oxygen atoms in total. The Bertz CT molecular complexity index is 731. The topological polar surface area (TPSA) is 36.1 Å². The van der Waals surface area contributed by atoms with Gasteiger partial charge in [0.1, 0.15) is 0 Å². The molecule has 3 aromatic rings. The minimum Gasteiger partial charge on any atom is -0.361 e. The molecule has 20 heavy (non-hydrogen) atoms. The molecule has 3 heteroatoms. The van der Waals surface area contributed by atoms with E-state index in [1.54, 1.807) is 4.90 Å². The third kappa shape index (κ3) is 2.30. The van der Waals surface area contributed by atoms with Crippen molar-refractivity contribution in [3.8, 4) is 0 Å². The number of hydrogen-bond acceptors (Lipinski definition) is 1. The summed E-state index contributed by atoms with van der Waals surface area (Å²) in [6, 6.07) is 17.7. The van der Waals surface area contributed by atoms with E-state index in [0.717, 1.165) is 22.2 Å². The Kier molecular flexibility index (Phi) is 3.25. The maximum Gasteiger partial charge on any atom is 0.231 e. The number of aromatic nitrogens is 1. The largest absolute Gasteiger partial charge is 0.361 e. The van der Waals surface area contributed by atoms with Gasteiger partial charge in [-0.25, -0.2) is 0 Å². The second kappa shape index (κ2) is 5.21. The summed E-state index contributed by atoms with van der Waals surface area (Å²) in [7, 11) is 1.81. The Labute approximate surface area is 117 Å². The van der Waals surface area contributed by atoms with Gasteiger partial charge in [-0.3, -0.25) is 4.79 Å². The molecule has 1 amide bonds. The lowest BCUT2D eigenvalue weighted by Crippen LogP contribution is -2.27. The van der Waals surface area contributed by atoms with Crippen LogP contribution in [0.25, 0.3) is 10.9 Å². The average molecular weight is 264 g/mol. The Hall–Kier alpha value is -2.55. The number of hydrogen-bond donors (Lipinski definition) is 1. The number of nitrogens with one attached hydrogen (secondary N) is 1. The summed E-state index contributed by atoms with van der Waals surface area (Å²) < 4.78 is 0. The van der Waals surface area contributed by atoms with Crippen LogP contribution in [0.1, 0.15) is 5.56 Å². The van der Waals surface area contributed by atoms with E-state index >= 15 is 0 Å². The number of likely N-dealkylation sites (N-methyl/N-ethyl adjacent to an activating group) is 1. The first-order chi connectivity index (χ1) is 9.75. The fraction of sp³-hybridized carbons (Fsp3) is 0.118. The molecule has 0 aliphatic heterocycles. The number of carbonyl (C=O) groups is 1. The lowest BCUT2D eigenvalue weighted by Gasteiger charge is -2.17. The van der Waals surface area contributed by atoms with Crippen LogP contribution in [0.3, 0.4) is 0 Å². The SMILES string of the molecule is CN(C(=O)Cc1c[nH]c2ccccc12)c1ccccc1. The standard InChI is InChI=1S/C17H16N2O/c1-19(14-7-3-2-4-8-14)17(20)11-13-12-18-16-10-6-5-9-15(13)16/h2-10,12,18H,11H2,1H3. The molecule has 1 aromatic heterocycles. The predicted octanol–water partition coefficient (Wildman–Crippen LogP) is 3.37. The third-order valence-electron chi connectivity index (χ3n) is 3.53. The van der Waals surface area contributed by atoms with Gasteiger partial charge in [0, 0.05) is 29.8 Å². The third-order valence-corrected chi connectivity index (χ3v) is 3.53. The second-order valence-corrected chi connectivity index (χ2v) is 4.82. The highest BCUT2D eigenvalue weighted by Gasteiger charge is 2.13. The fourth-order valence-electron chi connectivity index (χ4n) is 2.35. The summed E-state index contributed by atoms with van der Waals surface area (Å²) in [6.45, 7) is 0. The van der Waals surface area contributed by atoms with Crippen LogP contribution >= 0.6 is 0 Å². The number of benzene rings is 2. The van der Waals surface area contributed by atoms with Gasteiger partial charge >= 0.3 is 0 Å². The molecule has 0 fully saturated rings. The minimum absolute atomic E-state index is 0.0842. The summed E-state index contributed by atoms with van der Waals surface area (Å²) in [5.74, 6) is 0.0842. The first-order valence-electron chi connectivity index (χ1n) is 6.62. The maximum atomic E-state index is 12.4. The highest BCUT2D eigenvalue weighted by atomic mass is 16.2. The molecule has 0 saturated heterocycles. The molecule has 1 heterocycles. The first kappa shape index (κ1) is 12.5. The van der Waals surface area contributed by atoms with E-state index < -0.39 is 0 Å². The van der Waals surface area contributed by atoms with Crippen molar-refractivity contribution in [2.75, 3.05) is 11.9 Å². The molecule has 0 bridgehead atoms. The number of anilines is 1. The molecule has 0 aliphatic carbocycles. The van der Waals surface area contributed by atoms with Crippen LogP contribution in [0.4, 0.5) is 5.69 Å². The Morgan fingerprint density at radius 3 is 2.55 bits per heavy atom. The van der Waals surface area contributed by atoms with Crippen LogP contribution in [0.2, 0.25) is 0 Å². The van der Waals surface area contributed by atoms with Crippen molar-refractivity contribution in [2.24, 2.45) is 0 Å². The number of amides is 1. The van der Waals surface area contributed by atoms with E-state index in [1.165, 1.54) is 0 Å². The van der Waals surface area contributed by atoms with Gasteiger partial charge in [-0.05, 0) is 23.8 Å². The van der Waals surface area contributed by atoms with Crippen molar-refractivity contribution in [3.05, 3.63) is 66.4 Å². The first-order valence-corrected chi connectivity index (χ1v) is 6.62. The summed E-state index contributed by atoms with van der Waals surface area (Å²) >= 11 is 0.